The number of aliphatic imine (C=N–C) groups is 1. The van der Waals surface area contributed by atoms with Gasteiger partial charge < -0.3 is 20.9 Å². The lowest BCUT2D eigenvalue weighted by Crippen LogP contribution is -2.50. The summed E-state index contributed by atoms with van der Waals surface area (Å²) in [7, 11) is 0. The molecule has 1 atom stereocenters. The summed E-state index contributed by atoms with van der Waals surface area (Å²) in [5, 5.41) is 24.0. The quantitative estimate of drug-likeness (QED) is 0.210. The highest BCUT2D eigenvalue weighted by atomic mass is 35.5. The minimum absolute atomic E-state index is 0.206. The number of rotatable bonds is 9. The number of anilines is 1. The van der Waals surface area contributed by atoms with E-state index in [1.165, 1.54) is 9.32 Å². The number of alkyl halides is 3. The molecular formula is C35H41ClF3N9O6. The Labute approximate surface area is 313 Å². The fraction of sp³-hybridized carbons (Fsp3) is 0.429. The van der Waals surface area contributed by atoms with Gasteiger partial charge in [-0.05, 0) is 105 Å². The number of tetrazole rings is 1. The number of nitrogens with zero attached hydrogens (tertiary/aromatic N) is 6. The van der Waals surface area contributed by atoms with Gasteiger partial charge in [0.1, 0.15) is 12.3 Å². The van der Waals surface area contributed by atoms with Crippen LogP contribution in [-0.4, -0.2) is 91.3 Å². The lowest BCUT2D eigenvalue weighted by atomic mass is 9.81. The van der Waals surface area contributed by atoms with E-state index in [1.807, 2.05) is 51.1 Å². The summed E-state index contributed by atoms with van der Waals surface area (Å²) in [6.45, 7) is 6.28. The van der Waals surface area contributed by atoms with Gasteiger partial charge in [-0.1, -0.05) is 24.3 Å². The van der Waals surface area contributed by atoms with Crippen LogP contribution in [0.5, 0.6) is 0 Å². The lowest BCUT2D eigenvalue weighted by Gasteiger charge is -2.32. The predicted octanol–water partition coefficient (Wildman–Crippen LogP) is 5.10. The van der Waals surface area contributed by atoms with E-state index in [0.717, 1.165) is 29.7 Å². The fourth-order valence-corrected chi connectivity index (χ4v) is 5.91. The number of aromatic nitrogens is 4. The van der Waals surface area contributed by atoms with E-state index in [2.05, 4.69) is 30.9 Å². The number of carboxylic acid groups (broad SMARTS) is 1. The number of aliphatic carboxylic acids is 1. The number of carboxylic acids is 1. The van der Waals surface area contributed by atoms with Gasteiger partial charge in [-0.2, -0.15) is 18.4 Å². The number of halogens is 4. The molecule has 290 valence electrons. The molecule has 1 aliphatic heterocycles. The van der Waals surface area contributed by atoms with Gasteiger partial charge in [0.25, 0.3) is 5.91 Å². The Morgan fingerprint density at radius 3 is 2.19 bits per heavy atom. The third kappa shape index (κ3) is 11.8. The van der Waals surface area contributed by atoms with E-state index in [4.69, 9.17) is 32.1 Å². The first-order valence-electron chi connectivity index (χ1n) is 16.9. The number of hydrogen-bond donors (Lipinski definition) is 4. The van der Waals surface area contributed by atoms with Crippen LogP contribution in [0.4, 0.5) is 23.7 Å². The molecule has 2 aliphatic rings. The molecule has 19 heteroatoms. The molecule has 54 heavy (non-hydrogen) atoms. The first-order valence-corrected chi connectivity index (χ1v) is 17.2. The van der Waals surface area contributed by atoms with Crippen molar-refractivity contribution in [3.8, 4) is 11.4 Å². The number of H-pyrrole nitrogens is 1. The van der Waals surface area contributed by atoms with Crippen LogP contribution in [-0.2, 0) is 25.5 Å². The highest BCUT2D eigenvalue weighted by Crippen LogP contribution is 2.32. The average Bonchev–Trinajstić information content (AvgIpc) is 3.66. The van der Waals surface area contributed by atoms with Crippen molar-refractivity contribution in [2.24, 2.45) is 22.6 Å². The Kier molecular flexibility index (Phi) is 13.9. The van der Waals surface area contributed by atoms with Crippen molar-refractivity contribution in [2.75, 3.05) is 18.1 Å². The van der Waals surface area contributed by atoms with Crippen molar-refractivity contribution in [1.29, 1.82) is 0 Å². The maximum absolute atomic E-state index is 14.1. The Hall–Kier alpha value is -5.36. The number of nitrogens with one attached hydrogen (secondary N) is 2. The molecule has 2 aromatic carbocycles. The molecule has 0 bridgehead atoms. The van der Waals surface area contributed by atoms with E-state index in [0.29, 0.717) is 43.1 Å². The van der Waals surface area contributed by atoms with Crippen LogP contribution in [0.2, 0.25) is 0 Å². The number of alkyl carbamates (subject to hydrolysis) is 1. The van der Waals surface area contributed by atoms with Gasteiger partial charge in [-0.15, -0.1) is 10.2 Å². The molecule has 1 aromatic heterocycles. The number of ether oxygens (including phenoxy) is 1. The van der Waals surface area contributed by atoms with Crippen molar-refractivity contribution in [2.45, 2.75) is 70.7 Å². The van der Waals surface area contributed by atoms with Crippen LogP contribution in [0.15, 0.2) is 59.6 Å². The third-order valence-corrected chi connectivity index (χ3v) is 8.66. The van der Waals surface area contributed by atoms with Crippen LogP contribution in [0.1, 0.15) is 57.6 Å². The number of carbonyl (C=O) groups is 4. The largest absolute Gasteiger partial charge is 0.490 e. The van der Waals surface area contributed by atoms with Crippen LogP contribution in [0.25, 0.3) is 17.1 Å². The summed E-state index contributed by atoms with van der Waals surface area (Å²) >= 11 is 6.28. The molecule has 3 aromatic rings. The molecule has 0 radical (unpaired) electrons. The lowest BCUT2D eigenvalue weighted by molar-refractivity contribution is -0.192. The van der Waals surface area contributed by atoms with Crippen LogP contribution < -0.4 is 16.0 Å². The molecule has 15 nitrogen and oxygen atoms in total. The number of amides is 3. The monoisotopic (exact) mass is 775 g/mol. The minimum atomic E-state index is -5.08. The summed E-state index contributed by atoms with van der Waals surface area (Å²) < 4.78 is 38.6. The summed E-state index contributed by atoms with van der Waals surface area (Å²) in [4.78, 5) is 54.4. The smallest absolute Gasteiger partial charge is 0.475 e. The minimum Gasteiger partial charge on any atom is -0.475 e. The molecule has 1 fully saturated rings. The third-order valence-electron chi connectivity index (χ3n) is 8.37. The average molecular weight is 776 g/mol. The van der Waals surface area contributed by atoms with Gasteiger partial charge in [-0.25, -0.2) is 14.5 Å². The number of nitrogens with two attached hydrogens (primary N) is 1. The van der Waals surface area contributed by atoms with Crippen molar-refractivity contribution in [1.82, 2.24) is 30.4 Å². The molecule has 0 saturated heterocycles. The van der Waals surface area contributed by atoms with Crippen LogP contribution in [0.3, 0.4) is 0 Å². The van der Waals surface area contributed by atoms with E-state index in [1.54, 1.807) is 30.5 Å². The predicted molar refractivity (Wildman–Crippen MR) is 193 cm³/mol. The maximum Gasteiger partial charge on any atom is 0.490 e. The second-order valence-corrected chi connectivity index (χ2v) is 14.0. The molecule has 2 heterocycles. The Morgan fingerprint density at radius 2 is 1.65 bits per heavy atom. The first kappa shape index (κ1) is 41.4. The van der Waals surface area contributed by atoms with Crippen molar-refractivity contribution in [3.63, 3.8) is 0 Å². The van der Waals surface area contributed by atoms with Crippen LogP contribution in [0, 0.1) is 11.8 Å². The first-order chi connectivity index (χ1) is 25.4. The normalized spacial score (nSPS) is 17.7. The standard InChI is InChI=1S/C33H40ClN9O4.C2HF3O2/c1-33(2,3)47-32(46)37-19-22-6-10-25(11-7-22)30(44)43(26-14-12-24(13-15-26)29-38-40-41-39-29)31(45)27(35)18-21-4-8-23(9-5-21)28-16-17-36-20-42(28)34;3-2(4,5)1(6)7/h4-5,8-9,12-17,22,25,27H,6-7,10-11,18-20,35H2,1-3H3,(H,37,46)(H,38,39,40,41);(H,6,7)/t22?,25?,27-;/m0./s1. The van der Waals surface area contributed by atoms with Crippen molar-refractivity contribution >= 4 is 53.3 Å². The van der Waals surface area contributed by atoms with Gasteiger partial charge in [0.15, 0.2) is 0 Å². The Morgan fingerprint density at radius 1 is 1.04 bits per heavy atom. The molecular weight excluding hydrogens is 735 g/mol. The number of allylic oxidation sites excluding steroid dienone is 1. The molecule has 1 saturated carbocycles. The van der Waals surface area contributed by atoms with Crippen molar-refractivity contribution < 1.29 is 42.2 Å². The SMILES string of the molecule is CC(C)(C)OC(=O)NCC1CCC(C(=O)N(C(=O)[C@@H](N)Cc2ccc(C3=CC=NCN3Cl)cc2)c2ccc(-c3nn[nH]n3)cc2)CC1.O=C(O)C(F)(F)F. The maximum atomic E-state index is 14.1. The van der Waals surface area contributed by atoms with E-state index in [-0.39, 0.29) is 24.2 Å². The van der Waals surface area contributed by atoms with Crippen molar-refractivity contribution in [3.05, 3.63) is 65.7 Å². The topological polar surface area (TPSA) is 209 Å². The number of hydrogen-bond acceptors (Lipinski definition) is 11. The highest BCUT2D eigenvalue weighted by molar-refractivity contribution is 6.18. The zero-order chi connectivity index (χ0) is 39.6. The van der Waals surface area contributed by atoms with Gasteiger partial charge in [0, 0.05) is 36.0 Å². The second kappa shape index (κ2) is 18.1. The molecule has 0 unspecified atom stereocenters. The van der Waals surface area contributed by atoms with Gasteiger partial charge in [0.2, 0.25) is 11.7 Å². The molecule has 0 spiro atoms. The number of carbonyl (C=O) groups excluding carboxylic acids is 3. The molecule has 1 aliphatic carbocycles. The number of benzene rings is 2. The van der Waals surface area contributed by atoms with E-state index >= 15 is 0 Å². The van der Waals surface area contributed by atoms with Gasteiger partial charge in [0.05, 0.1) is 17.4 Å². The number of imide groups is 1. The van der Waals surface area contributed by atoms with Gasteiger partial charge >= 0.3 is 18.2 Å². The highest BCUT2D eigenvalue weighted by Gasteiger charge is 2.38. The number of aromatic amines is 1. The molecule has 5 N–H and O–H groups in total. The zero-order valence-corrected chi connectivity index (χ0v) is 30.5. The molecule has 3 amide bonds. The summed E-state index contributed by atoms with van der Waals surface area (Å²) in [5.41, 5.74) is 9.61. The fourth-order valence-electron chi connectivity index (χ4n) is 5.70. The van der Waals surface area contributed by atoms with Crippen LogP contribution >= 0.6 is 11.8 Å². The Balaban J connectivity index is 0.000000845. The molecule has 5 rings (SSSR count). The summed E-state index contributed by atoms with van der Waals surface area (Å²) in [6.07, 6.45) is 0.860. The Bertz CT molecular complexity index is 1810. The second-order valence-electron chi connectivity index (χ2n) is 13.6. The summed E-state index contributed by atoms with van der Waals surface area (Å²) in [5.74, 6) is -3.30. The van der Waals surface area contributed by atoms with E-state index < -0.39 is 35.8 Å². The van der Waals surface area contributed by atoms with Gasteiger partial charge in [-0.3, -0.25) is 19.0 Å². The van der Waals surface area contributed by atoms with E-state index in [9.17, 15) is 27.6 Å². The zero-order valence-electron chi connectivity index (χ0n) is 29.7. The summed E-state index contributed by atoms with van der Waals surface area (Å²) in [6, 6.07) is 13.5.